The smallest absolute Gasteiger partial charge is 0.122 e. The molecule has 0 amide bonds. The zero-order chi connectivity index (χ0) is 14.2. The Morgan fingerprint density at radius 1 is 0.950 bits per heavy atom. The van der Waals surface area contributed by atoms with Crippen molar-refractivity contribution in [3.63, 3.8) is 0 Å². The molecule has 1 N–H and O–H groups in total. The SMILES string of the molecule is CC(=NO)c1cccc(OCCOc2ccccc2)c1. The third kappa shape index (κ3) is 4.02. The zero-order valence-corrected chi connectivity index (χ0v) is 11.3. The lowest BCUT2D eigenvalue weighted by atomic mass is 10.1. The monoisotopic (exact) mass is 271 g/mol. The molecule has 2 rings (SSSR count). The molecular formula is C16H17NO3. The predicted molar refractivity (Wildman–Crippen MR) is 77.9 cm³/mol. The second-order valence-corrected chi connectivity index (χ2v) is 4.22. The van der Waals surface area contributed by atoms with Gasteiger partial charge in [-0.25, -0.2) is 0 Å². The van der Waals surface area contributed by atoms with Gasteiger partial charge in [0, 0.05) is 5.56 Å². The van der Waals surface area contributed by atoms with Gasteiger partial charge < -0.3 is 14.7 Å². The first kappa shape index (κ1) is 13.9. The number of benzene rings is 2. The average molecular weight is 271 g/mol. The van der Waals surface area contributed by atoms with Crippen molar-refractivity contribution in [2.75, 3.05) is 13.2 Å². The number of nitrogens with zero attached hydrogens (tertiary/aromatic N) is 1. The summed E-state index contributed by atoms with van der Waals surface area (Å²) < 4.78 is 11.1. The lowest BCUT2D eigenvalue weighted by Gasteiger charge is -2.09. The largest absolute Gasteiger partial charge is 0.490 e. The fourth-order valence-electron chi connectivity index (χ4n) is 1.70. The van der Waals surface area contributed by atoms with Crippen molar-refractivity contribution in [3.8, 4) is 11.5 Å². The molecule has 0 unspecified atom stereocenters. The number of rotatable bonds is 6. The van der Waals surface area contributed by atoms with E-state index in [1.54, 1.807) is 6.92 Å². The van der Waals surface area contributed by atoms with Crippen LogP contribution in [0.4, 0.5) is 0 Å². The highest BCUT2D eigenvalue weighted by atomic mass is 16.5. The first-order valence-corrected chi connectivity index (χ1v) is 6.39. The Labute approximate surface area is 118 Å². The molecule has 0 fully saturated rings. The van der Waals surface area contributed by atoms with Gasteiger partial charge in [-0.3, -0.25) is 0 Å². The predicted octanol–water partition coefficient (Wildman–Crippen LogP) is 3.34. The van der Waals surface area contributed by atoms with Crippen LogP contribution in [0.5, 0.6) is 11.5 Å². The van der Waals surface area contributed by atoms with E-state index in [0.717, 1.165) is 17.1 Å². The van der Waals surface area contributed by atoms with Gasteiger partial charge in [0.1, 0.15) is 24.7 Å². The molecule has 20 heavy (non-hydrogen) atoms. The topological polar surface area (TPSA) is 51.1 Å². The van der Waals surface area contributed by atoms with Gasteiger partial charge in [-0.15, -0.1) is 0 Å². The van der Waals surface area contributed by atoms with E-state index in [9.17, 15) is 0 Å². The molecule has 2 aromatic carbocycles. The maximum Gasteiger partial charge on any atom is 0.122 e. The molecule has 0 bridgehead atoms. The van der Waals surface area contributed by atoms with E-state index in [4.69, 9.17) is 14.7 Å². The normalized spacial score (nSPS) is 11.2. The Hall–Kier alpha value is -2.49. The van der Waals surface area contributed by atoms with Crippen LogP contribution in [0.25, 0.3) is 0 Å². The summed E-state index contributed by atoms with van der Waals surface area (Å²) >= 11 is 0. The molecule has 2 aromatic rings. The van der Waals surface area contributed by atoms with Crippen LogP contribution >= 0.6 is 0 Å². The van der Waals surface area contributed by atoms with Crippen LogP contribution in [0.3, 0.4) is 0 Å². The van der Waals surface area contributed by atoms with Gasteiger partial charge in [-0.05, 0) is 31.2 Å². The molecular weight excluding hydrogens is 254 g/mol. The maximum atomic E-state index is 8.75. The summed E-state index contributed by atoms with van der Waals surface area (Å²) in [6, 6.07) is 17.0. The van der Waals surface area contributed by atoms with Crippen LogP contribution in [-0.2, 0) is 0 Å². The third-order valence-electron chi connectivity index (χ3n) is 2.77. The molecule has 0 aromatic heterocycles. The number of ether oxygens (including phenoxy) is 2. The molecule has 0 aliphatic rings. The molecule has 4 nitrogen and oxygen atoms in total. The highest BCUT2D eigenvalue weighted by molar-refractivity contribution is 5.98. The van der Waals surface area contributed by atoms with Crippen molar-refractivity contribution in [1.82, 2.24) is 0 Å². The van der Waals surface area contributed by atoms with Crippen LogP contribution in [0, 0.1) is 0 Å². The summed E-state index contributed by atoms with van der Waals surface area (Å²) in [6.45, 7) is 2.66. The minimum Gasteiger partial charge on any atom is -0.490 e. The summed E-state index contributed by atoms with van der Waals surface area (Å²) in [5.41, 5.74) is 1.38. The van der Waals surface area contributed by atoms with Crippen molar-refractivity contribution in [2.45, 2.75) is 6.92 Å². The maximum absolute atomic E-state index is 8.75. The second-order valence-electron chi connectivity index (χ2n) is 4.22. The average Bonchev–Trinajstić information content (AvgIpc) is 2.52. The lowest BCUT2D eigenvalue weighted by molar-refractivity contribution is 0.217. The highest BCUT2D eigenvalue weighted by Crippen LogP contribution is 2.14. The summed E-state index contributed by atoms with van der Waals surface area (Å²) in [5.74, 6) is 1.55. The molecule has 0 radical (unpaired) electrons. The molecule has 104 valence electrons. The number of hydrogen-bond donors (Lipinski definition) is 1. The third-order valence-corrected chi connectivity index (χ3v) is 2.77. The molecule has 4 heteroatoms. The quantitative estimate of drug-likeness (QED) is 0.379. The van der Waals surface area contributed by atoms with Crippen LogP contribution in [-0.4, -0.2) is 24.1 Å². The van der Waals surface area contributed by atoms with Crippen LogP contribution in [0.1, 0.15) is 12.5 Å². The van der Waals surface area contributed by atoms with Crippen LogP contribution < -0.4 is 9.47 Å². The van der Waals surface area contributed by atoms with Crippen molar-refractivity contribution in [1.29, 1.82) is 0 Å². The number of hydrogen-bond acceptors (Lipinski definition) is 4. The molecule has 0 atom stereocenters. The van der Waals surface area contributed by atoms with Crippen molar-refractivity contribution < 1.29 is 14.7 Å². The van der Waals surface area contributed by atoms with Gasteiger partial charge in [0.15, 0.2) is 0 Å². The van der Waals surface area contributed by atoms with Crippen molar-refractivity contribution in [2.24, 2.45) is 5.16 Å². The fourth-order valence-corrected chi connectivity index (χ4v) is 1.70. The van der Waals surface area contributed by atoms with Gasteiger partial charge in [0.05, 0.1) is 5.71 Å². The van der Waals surface area contributed by atoms with E-state index in [2.05, 4.69) is 5.16 Å². The summed E-state index contributed by atoms with van der Waals surface area (Å²) in [7, 11) is 0. The Morgan fingerprint density at radius 3 is 2.30 bits per heavy atom. The summed E-state index contributed by atoms with van der Waals surface area (Å²) in [6.07, 6.45) is 0. The van der Waals surface area contributed by atoms with Gasteiger partial charge in [-0.1, -0.05) is 35.5 Å². The van der Waals surface area contributed by atoms with Crippen LogP contribution in [0.15, 0.2) is 59.8 Å². The molecule has 0 saturated carbocycles. The van der Waals surface area contributed by atoms with Crippen molar-refractivity contribution in [3.05, 3.63) is 60.2 Å². The minimum absolute atomic E-state index is 0.452. The van der Waals surface area contributed by atoms with E-state index >= 15 is 0 Å². The van der Waals surface area contributed by atoms with E-state index in [0.29, 0.717) is 18.9 Å². The Morgan fingerprint density at radius 2 is 1.60 bits per heavy atom. The summed E-state index contributed by atoms with van der Waals surface area (Å²) in [5, 5.41) is 11.9. The minimum atomic E-state index is 0.452. The molecule has 0 aliphatic carbocycles. The Balaban J connectivity index is 1.82. The molecule has 0 spiro atoms. The highest BCUT2D eigenvalue weighted by Gasteiger charge is 2.00. The first-order valence-electron chi connectivity index (χ1n) is 6.39. The lowest BCUT2D eigenvalue weighted by Crippen LogP contribution is -2.09. The number of para-hydroxylation sites is 1. The Kier molecular flexibility index (Phi) is 5.00. The zero-order valence-electron chi connectivity index (χ0n) is 11.3. The van der Waals surface area contributed by atoms with Gasteiger partial charge in [-0.2, -0.15) is 0 Å². The van der Waals surface area contributed by atoms with Gasteiger partial charge in [0.2, 0.25) is 0 Å². The van der Waals surface area contributed by atoms with Gasteiger partial charge in [0.25, 0.3) is 0 Å². The van der Waals surface area contributed by atoms with E-state index in [1.807, 2.05) is 54.6 Å². The van der Waals surface area contributed by atoms with Gasteiger partial charge >= 0.3 is 0 Å². The molecule has 0 heterocycles. The van der Waals surface area contributed by atoms with E-state index in [-0.39, 0.29) is 0 Å². The number of oxime groups is 1. The van der Waals surface area contributed by atoms with Crippen molar-refractivity contribution >= 4 is 5.71 Å². The summed E-state index contributed by atoms with van der Waals surface area (Å²) in [4.78, 5) is 0. The van der Waals surface area contributed by atoms with E-state index in [1.165, 1.54) is 0 Å². The molecule has 0 saturated heterocycles. The fraction of sp³-hybridized carbons (Fsp3) is 0.188. The Bertz CT molecular complexity index is 567. The van der Waals surface area contributed by atoms with E-state index < -0.39 is 0 Å². The molecule has 0 aliphatic heterocycles. The van der Waals surface area contributed by atoms with Crippen LogP contribution in [0.2, 0.25) is 0 Å². The second kappa shape index (κ2) is 7.19. The first-order chi connectivity index (χ1) is 9.79. The standard InChI is InChI=1S/C16H17NO3/c1-13(17-18)14-6-5-9-16(12-14)20-11-10-19-15-7-3-2-4-8-15/h2-9,12,18H,10-11H2,1H3.